The molecule has 1 aromatic carbocycles. The highest BCUT2D eigenvalue weighted by Crippen LogP contribution is 2.19. The summed E-state index contributed by atoms with van der Waals surface area (Å²) in [6.07, 6.45) is 3.37. The summed E-state index contributed by atoms with van der Waals surface area (Å²) in [6, 6.07) is 9.97. The minimum Gasteiger partial charge on any atom is -0.450 e. The van der Waals surface area contributed by atoms with E-state index in [2.05, 4.69) is 0 Å². The Morgan fingerprint density at radius 3 is 2.33 bits per heavy atom. The lowest BCUT2D eigenvalue weighted by atomic mass is 10.1. The fraction of sp³-hybridized carbons (Fsp3) is 0.158. The number of nitrogens with two attached hydrogens (primary N) is 1. The van der Waals surface area contributed by atoms with Gasteiger partial charge in [-0.15, -0.1) is 0 Å². The summed E-state index contributed by atoms with van der Waals surface area (Å²) >= 11 is 0. The van der Waals surface area contributed by atoms with Crippen LogP contribution in [0.5, 0.6) is 5.75 Å². The van der Waals surface area contributed by atoms with Crippen molar-refractivity contribution >= 4 is 23.5 Å². The van der Waals surface area contributed by atoms with E-state index in [1.54, 1.807) is 49.4 Å². The van der Waals surface area contributed by atoms with Gasteiger partial charge in [0.25, 0.3) is 0 Å². The van der Waals surface area contributed by atoms with Crippen LogP contribution < -0.4 is 10.5 Å². The molecule has 5 nitrogen and oxygen atoms in total. The van der Waals surface area contributed by atoms with E-state index in [0.29, 0.717) is 22.8 Å². The Morgan fingerprint density at radius 2 is 1.75 bits per heavy atom. The summed E-state index contributed by atoms with van der Waals surface area (Å²) in [4.78, 5) is 23.3. The lowest BCUT2D eigenvalue weighted by Gasteiger charge is -2.04. The zero-order valence-electron chi connectivity index (χ0n) is 13.8. The highest BCUT2D eigenvalue weighted by molar-refractivity contribution is 5.97. The van der Waals surface area contributed by atoms with E-state index in [9.17, 15) is 9.59 Å². The van der Waals surface area contributed by atoms with Crippen molar-refractivity contribution in [2.75, 3.05) is 0 Å². The Kier molecular flexibility index (Phi) is 5.37. The molecule has 0 fully saturated rings. The Bertz CT molecular complexity index is 810. The van der Waals surface area contributed by atoms with Crippen LogP contribution >= 0.6 is 0 Å². The Hall–Kier alpha value is -3.08. The molecule has 0 saturated carbocycles. The third-order valence-electron chi connectivity index (χ3n) is 3.45. The van der Waals surface area contributed by atoms with Crippen molar-refractivity contribution in [3.63, 3.8) is 0 Å². The molecule has 2 aromatic rings. The van der Waals surface area contributed by atoms with Crippen LogP contribution in [0.15, 0.2) is 52.5 Å². The van der Waals surface area contributed by atoms with Crippen LogP contribution in [0.25, 0.3) is 11.8 Å². The molecule has 0 aliphatic rings. The minimum atomic E-state index is -0.609. The number of esters is 1. The highest BCUT2D eigenvalue weighted by Gasteiger charge is 2.13. The van der Waals surface area contributed by atoms with Gasteiger partial charge in [0.2, 0.25) is 5.76 Å². The van der Waals surface area contributed by atoms with E-state index in [4.69, 9.17) is 14.9 Å². The second kappa shape index (κ2) is 7.46. The SMILES string of the molecule is CC=C(N)c1ccc(OC(=O)c2ccc(/C=C(\C)C(C)=O)o2)cc1. The number of Topliss-reactive ketones (excluding diaryl/α,β-unsaturated/α-hetero) is 1. The van der Waals surface area contributed by atoms with E-state index < -0.39 is 5.97 Å². The summed E-state index contributed by atoms with van der Waals surface area (Å²) in [7, 11) is 0. The van der Waals surface area contributed by atoms with E-state index in [1.807, 2.05) is 6.92 Å². The Balaban J connectivity index is 2.09. The van der Waals surface area contributed by atoms with Gasteiger partial charge in [-0.25, -0.2) is 4.79 Å². The first-order valence-electron chi connectivity index (χ1n) is 7.44. The molecule has 0 bridgehead atoms. The normalized spacial score (nSPS) is 12.1. The van der Waals surface area contributed by atoms with Crippen LogP contribution in [0.2, 0.25) is 0 Å². The fourth-order valence-corrected chi connectivity index (χ4v) is 1.89. The van der Waals surface area contributed by atoms with E-state index >= 15 is 0 Å². The zero-order valence-corrected chi connectivity index (χ0v) is 13.8. The van der Waals surface area contributed by atoms with Crippen LogP contribution in [0.4, 0.5) is 0 Å². The van der Waals surface area contributed by atoms with Gasteiger partial charge >= 0.3 is 5.97 Å². The van der Waals surface area contributed by atoms with Crippen LogP contribution in [0.1, 0.15) is 42.6 Å². The Morgan fingerprint density at radius 1 is 1.08 bits per heavy atom. The number of ether oxygens (including phenoxy) is 1. The van der Waals surface area contributed by atoms with E-state index in [1.165, 1.54) is 13.0 Å². The van der Waals surface area contributed by atoms with Gasteiger partial charge in [0.15, 0.2) is 5.78 Å². The molecule has 2 rings (SSSR count). The second-order valence-electron chi connectivity index (χ2n) is 5.24. The van der Waals surface area contributed by atoms with E-state index in [-0.39, 0.29) is 11.5 Å². The van der Waals surface area contributed by atoms with Crippen molar-refractivity contribution in [2.24, 2.45) is 5.73 Å². The van der Waals surface area contributed by atoms with Crippen molar-refractivity contribution in [3.05, 3.63) is 65.1 Å². The number of benzene rings is 1. The first-order chi connectivity index (χ1) is 11.4. The molecule has 1 heterocycles. The van der Waals surface area contributed by atoms with Crippen LogP contribution in [0, 0.1) is 0 Å². The number of hydrogen-bond acceptors (Lipinski definition) is 5. The number of carbonyl (C=O) groups excluding carboxylic acids is 2. The third kappa shape index (κ3) is 4.23. The largest absolute Gasteiger partial charge is 0.450 e. The molecule has 0 aliphatic carbocycles. The monoisotopic (exact) mass is 325 g/mol. The fourth-order valence-electron chi connectivity index (χ4n) is 1.89. The number of ketones is 1. The molecule has 124 valence electrons. The van der Waals surface area contributed by atoms with Crippen molar-refractivity contribution in [2.45, 2.75) is 20.8 Å². The van der Waals surface area contributed by atoms with Gasteiger partial charge in [-0.2, -0.15) is 0 Å². The number of rotatable bonds is 5. The minimum absolute atomic E-state index is 0.0592. The molecule has 0 radical (unpaired) electrons. The van der Waals surface area contributed by atoms with Crippen LogP contribution in [-0.4, -0.2) is 11.8 Å². The van der Waals surface area contributed by atoms with Gasteiger partial charge in [-0.1, -0.05) is 6.08 Å². The molecular formula is C19H19NO4. The summed E-state index contributed by atoms with van der Waals surface area (Å²) in [6.45, 7) is 5.00. The molecule has 24 heavy (non-hydrogen) atoms. The smallest absolute Gasteiger partial charge is 0.379 e. The lowest BCUT2D eigenvalue weighted by molar-refractivity contribution is -0.113. The first-order valence-corrected chi connectivity index (χ1v) is 7.44. The third-order valence-corrected chi connectivity index (χ3v) is 3.45. The summed E-state index contributed by atoms with van der Waals surface area (Å²) in [5.41, 5.74) is 7.85. The molecule has 0 spiro atoms. The first kappa shape index (κ1) is 17.3. The van der Waals surface area contributed by atoms with Crippen LogP contribution in [0.3, 0.4) is 0 Å². The maximum atomic E-state index is 12.1. The maximum Gasteiger partial charge on any atom is 0.379 e. The zero-order chi connectivity index (χ0) is 17.7. The number of furan rings is 1. The molecule has 5 heteroatoms. The van der Waals surface area contributed by atoms with Gasteiger partial charge in [0, 0.05) is 5.70 Å². The predicted molar refractivity (Wildman–Crippen MR) is 92.3 cm³/mol. The standard InChI is InChI=1S/C19H19NO4/c1-4-17(20)14-5-7-15(8-6-14)24-19(22)18-10-9-16(23-18)11-12(2)13(3)21/h4-11H,20H2,1-3H3/b12-11+,17-4?. The van der Waals surface area contributed by atoms with Gasteiger partial charge in [0.05, 0.1) is 0 Å². The van der Waals surface area contributed by atoms with Crippen molar-refractivity contribution in [3.8, 4) is 5.75 Å². The summed E-state index contributed by atoms with van der Waals surface area (Å²) < 4.78 is 10.6. The molecule has 0 aliphatic heterocycles. The maximum absolute atomic E-state index is 12.1. The average Bonchev–Trinajstić information content (AvgIpc) is 3.03. The molecule has 2 N–H and O–H groups in total. The molecule has 0 unspecified atom stereocenters. The number of carbonyl (C=O) groups is 2. The molecule has 1 aromatic heterocycles. The molecule has 0 saturated heterocycles. The van der Waals surface area contributed by atoms with Gasteiger partial charge in [-0.3, -0.25) is 4.79 Å². The van der Waals surface area contributed by atoms with Gasteiger partial charge in [0.1, 0.15) is 11.5 Å². The number of hydrogen-bond donors (Lipinski definition) is 1. The lowest BCUT2D eigenvalue weighted by Crippen LogP contribution is -2.07. The predicted octanol–water partition coefficient (Wildman–Crippen LogP) is 3.81. The topological polar surface area (TPSA) is 82.5 Å². The Labute approximate surface area is 140 Å². The molecule has 0 atom stereocenters. The van der Waals surface area contributed by atoms with Crippen LogP contribution in [-0.2, 0) is 4.79 Å². The molecular weight excluding hydrogens is 306 g/mol. The van der Waals surface area contributed by atoms with Crippen molar-refractivity contribution in [1.29, 1.82) is 0 Å². The quantitative estimate of drug-likeness (QED) is 0.513. The van der Waals surface area contributed by atoms with Crippen molar-refractivity contribution in [1.82, 2.24) is 0 Å². The highest BCUT2D eigenvalue weighted by atomic mass is 16.5. The van der Waals surface area contributed by atoms with Crippen molar-refractivity contribution < 1.29 is 18.7 Å². The average molecular weight is 325 g/mol. The van der Waals surface area contributed by atoms with Gasteiger partial charge < -0.3 is 14.9 Å². The summed E-state index contributed by atoms with van der Waals surface area (Å²) in [5, 5.41) is 0. The summed E-state index contributed by atoms with van der Waals surface area (Å²) in [5.74, 6) is 0.208. The number of allylic oxidation sites excluding steroid dienone is 2. The molecule has 0 amide bonds. The van der Waals surface area contributed by atoms with Gasteiger partial charge in [-0.05, 0) is 74.4 Å². The second-order valence-corrected chi connectivity index (χ2v) is 5.24. The van der Waals surface area contributed by atoms with E-state index in [0.717, 1.165) is 5.56 Å².